The molecule has 0 unspecified atom stereocenters. The topological polar surface area (TPSA) is 146 Å². The van der Waals surface area contributed by atoms with E-state index in [0.717, 1.165) is 6.08 Å². The van der Waals surface area contributed by atoms with Crippen molar-refractivity contribution in [3.63, 3.8) is 0 Å². The zero-order valence-corrected chi connectivity index (χ0v) is 14.3. The van der Waals surface area contributed by atoms with Crippen LogP contribution >= 0.6 is 23.2 Å². The van der Waals surface area contributed by atoms with Crippen molar-refractivity contribution in [3.05, 3.63) is 44.8 Å². The molecule has 0 bridgehead atoms. The molecule has 0 aliphatic heterocycles. The number of allylic oxidation sites excluding steroid dienone is 1. The standard InChI is InChI=1S/C13H7Cl2N5O4S/c14-11-18-12(15)20-13(19-11)17-6-3-1-2-5-4-7(25(22,23)24)9(16)10(21)8(5)6/h1-4,16H,(H,22,23,24)(H,17,18,19,20). The first-order valence-corrected chi connectivity index (χ1v) is 8.66. The fourth-order valence-electron chi connectivity index (χ4n) is 2.20. The van der Waals surface area contributed by atoms with E-state index in [1.165, 1.54) is 18.2 Å². The molecule has 0 amide bonds. The summed E-state index contributed by atoms with van der Waals surface area (Å²) in [6.45, 7) is 0. The van der Waals surface area contributed by atoms with Gasteiger partial charge in [-0.25, -0.2) is 0 Å². The number of Topliss-reactive ketones (excluding diaryl/α,β-unsaturated/α-hetero) is 1. The van der Waals surface area contributed by atoms with Crippen LogP contribution in [-0.4, -0.2) is 39.4 Å². The van der Waals surface area contributed by atoms with Gasteiger partial charge in [-0.2, -0.15) is 23.4 Å². The van der Waals surface area contributed by atoms with Crippen molar-refractivity contribution in [1.29, 1.82) is 5.41 Å². The number of rotatable bonds is 3. The molecular weight excluding hydrogens is 393 g/mol. The first kappa shape index (κ1) is 17.4. The molecule has 1 heterocycles. The highest BCUT2D eigenvalue weighted by Gasteiger charge is 2.32. The van der Waals surface area contributed by atoms with Crippen LogP contribution in [0.3, 0.4) is 0 Å². The van der Waals surface area contributed by atoms with Crippen molar-refractivity contribution in [3.8, 4) is 0 Å². The highest BCUT2D eigenvalue weighted by atomic mass is 35.5. The molecule has 128 valence electrons. The monoisotopic (exact) mass is 399 g/mol. The minimum atomic E-state index is -4.71. The number of nitrogens with zero attached hydrogens (tertiary/aromatic N) is 3. The lowest BCUT2D eigenvalue weighted by Crippen LogP contribution is -2.26. The molecule has 12 heteroatoms. The van der Waals surface area contributed by atoms with Crippen molar-refractivity contribution >= 4 is 62.5 Å². The number of nitrogens with one attached hydrogen (secondary N) is 2. The van der Waals surface area contributed by atoms with E-state index in [4.69, 9.17) is 33.2 Å². The van der Waals surface area contributed by atoms with Crippen LogP contribution in [0.4, 0.5) is 11.6 Å². The van der Waals surface area contributed by atoms with Crippen molar-refractivity contribution < 1.29 is 17.8 Å². The van der Waals surface area contributed by atoms with E-state index in [-0.39, 0.29) is 33.3 Å². The Morgan fingerprint density at radius 1 is 1.12 bits per heavy atom. The summed E-state index contributed by atoms with van der Waals surface area (Å²) in [6, 6.07) is 4.50. The zero-order chi connectivity index (χ0) is 18.4. The lowest BCUT2D eigenvalue weighted by Gasteiger charge is -2.18. The number of carbonyl (C=O) groups excluding carboxylic acids is 1. The van der Waals surface area contributed by atoms with Crippen LogP contribution in [0.25, 0.3) is 6.08 Å². The Balaban J connectivity index is 2.13. The summed E-state index contributed by atoms with van der Waals surface area (Å²) >= 11 is 11.4. The summed E-state index contributed by atoms with van der Waals surface area (Å²) in [5.74, 6) is -0.929. The minimum Gasteiger partial charge on any atom is -0.323 e. The molecule has 9 nitrogen and oxygen atoms in total. The SMILES string of the molecule is N=C1C(=O)c2c(cccc2Nc2nc(Cl)nc(Cl)n2)C=C1S(=O)(=O)O. The summed E-state index contributed by atoms with van der Waals surface area (Å²) in [4.78, 5) is 22.9. The van der Waals surface area contributed by atoms with Gasteiger partial charge < -0.3 is 5.32 Å². The molecule has 0 spiro atoms. The van der Waals surface area contributed by atoms with Crippen LogP contribution < -0.4 is 5.32 Å². The minimum absolute atomic E-state index is 0.0209. The molecule has 0 saturated carbocycles. The third-order valence-corrected chi connectivity index (χ3v) is 4.40. The van der Waals surface area contributed by atoms with Gasteiger partial charge in [0.25, 0.3) is 10.1 Å². The summed E-state index contributed by atoms with van der Waals surface area (Å²) in [7, 11) is -4.71. The molecule has 1 aromatic carbocycles. The first-order chi connectivity index (χ1) is 11.7. The number of ketones is 1. The Morgan fingerprint density at radius 2 is 1.76 bits per heavy atom. The van der Waals surface area contributed by atoms with Gasteiger partial charge >= 0.3 is 0 Å². The summed E-state index contributed by atoms with van der Waals surface area (Å²) < 4.78 is 31.8. The molecule has 25 heavy (non-hydrogen) atoms. The second-order valence-electron chi connectivity index (χ2n) is 4.78. The molecule has 3 N–H and O–H groups in total. The number of halogens is 2. The molecule has 3 rings (SSSR count). The van der Waals surface area contributed by atoms with E-state index in [1.807, 2.05) is 0 Å². The Morgan fingerprint density at radius 3 is 2.36 bits per heavy atom. The van der Waals surface area contributed by atoms with Crippen molar-refractivity contribution in [1.82, 2.24) is 15.0 Å². The number of benzene rings is 1. The molecular formula is C13H7Cl2N5O4S. The molecule has 1 aromatic heterocycles. The molecule has 1 aliphatic rings. The molecule has 0 atom stereocenters. The highest BCUT2D eigenvalue weighted by Crippen LogP contribution is 2.31. The van der Waals surface area contributed by atoms with Gasteiger partial charge in [-0.3, -0.25) is 14.8 Å². The van der Waals surface area contributed by atoms with Gasteiger partial charge in [0.2, 0.25) is 22.3 Å². The molecule has 1 aliphatic carbocycles. The number of carbonyl (C=O) groups is 1. The summed E-state index contributed by atoms with van der Waals surface area (Å²) in [5.41, 5.74) is -0.426. The lowest BCUT2D eigenvalue weighted by atomic mass is 9.93. The molecule has 0 radical (unpaired) electrons. The quantitative estimate of drug-likeness (QED) is 0.666. The predicted octanol–water partition coefficient (Wildman–Crippen LogP) is 2.37. The average molecular weight is 400 g/mol. The Hall–Kier alpha value is -2.40. The Bertz CT molecular complexity index is 1050. The average Bonchev–Trinajstić information content (AvgIpc) is 2.48. The van der Waals surface area contributed by atoms with E-state index < -0.39 is 26.5 Å². The van der Waals surface area contributed by atoms with E-state index in [2.05, 4.69) is 20.3 Å². The van der Waals surface area contributed by atoms with Gasteiger partial charge in [0.15, 0.2) is 0 Å². The highest BCUT2D eigenvalue weighted by molar-refractivity contribution is 7.91. The normalized spacial score (nSPS) is 14.1. The van der Waals surface area contributed by atoms with Crippen LogP contribution in [0.15, 0.2) is 23.1 Å². The number of aromatic nitrogens is 3. The third kappa shape index (κ3) is 3.37. The number of fused-ring (bicyclic) bond motifs is 1. The maximum Gasteiger partial charge on any atom is 0.296 e. The van der Waals surface area contributed by atoms with Gasteiger partial charge in [0.05, 0.1) is 11.3 Å². The maximum absolute atomic E-state index is 12.4. The van der Waals surface area contributed by atoms with E-state index in [1.54, 1.807) is 0 Å². The molecule has 0 fully saturated rings. The summed E-state index contributed by atoms with van der Waals surface area (Å²) in [5, 5.41) is 10.1. The Kier molecular flexibility index (Phi) is 4.29. The fraction of sp³-hybridized carbons (Fsp3) is 0. The van der Waals surface area contributed by atoms with E-state index in [0.29, 0.717) is 0 Å². The van der Waals surface area contributed by atoms with Crippen LogP contribution in [0, 0.1) is 5.41 Å². The zero-order valence-electron chi connectivity index (χ0n) is 12.0. The van der Waals surface area contributed by atoms with Gasteiger partial charge in [-0.05, 0) is 40.9 Å². The number of anilines is 2. The van der Waals surface area contributed by atoms with Gasteiger partial charge in [-0.1, -0.05) is 12.1 Å². The number of hydrogen-bond acceptors (Lipinski definition) is 8. The van der Waals surface area contributed by atoms with E-state index >= 15 is 0 Å². The largest absolute Gasteiger partial charge is 0.323 e. The second kappa shape index (κ2) is 6.15. The summed E-state index contributed by atoms with van der Waals surface area (Å²) in [6.07, 6.45) is 1.03. The van der Waals surface area contributed by atoms with E-state index in [9.17, 15) is 13.2 Å². The van der Waals surface area contributed by atoms with Gasteiger partial charge in [0.1, 0.15) is 10.6 Å². The van der Waals surface area contributed by atoms with Crippen molar-refractivity contribution in [2.45, 2.75) is 0 Å². The second-order valence-corrected chi connectivity index (χ2v) is 6.85. The lowest BCUT2D eigenvalue weighted by molar-refractivity contribution is 0.106. The van der Waals surface area contributed by atoms with Gasteiger partial charge in [-0.15, -0.1) is 0 Å². The maximum atomic E-state index is 12.4. The first-order valence-electron chi connectivity index (χ1n) is 6.47. The van der Waals surface area contributed by atoms with Gasteiger partial charge in [0, 0.05) is 0 Å². The molecule has 2 aromatic rings. The fourth-order valence-corrected chi connectivity index (χ4v) is 3.19. The van der Waals surface area contributed by atoms with Crippen LogP contribution in [0.2, 0.25) is 10.6 Å². The van der Waals surface area contributed by atoms with Crippen molar-refractivity contribution in [2.24, 2.45) is 0 Å². The third-order valence-electron chi connectivity index (χ3n) is 3.19. The van der Waals surface area contributed by atoms with Crippen LogP contribution in [0.5, 0.6) is 0 Å². The smallest absolute Gasteiger partial charge is 0.296 e. The Labute approximate surface area is 151 Å². The molecule has 0 saturated heterocycles. The predicted molar refractivity (Wildman–Crippen MR) is 91.2 cm³/mol. The number of hydrogen-bond donors (Lipinski definition) is 3. The van der Waals surface area contributed by atoms with Crippen LogP contribution in [0.1, 0.15) is 15.9 Å². The van der Waals surface area contributed by atoms with Crippen LogP contribution in [-0.2, 0) is 10.1 Å². The van der Waals surface area contributed by atoms with Crippen molar-refractivity contribution in [2.75, 3.05) is 5.32 Å².